The predicted octanol–water partition coefficient (Wildman–Crippen LogP) is 2.79. The number of morpholine rings is 1. The highest BCUT2D eigenvalue weighted by Crippen LogP contribution is 2.28. The first-order chi connectivity index (χ1) is 12.2. The number of ether oxygens (including phenoxy) is 3. The molecule has 1 aliphatic heterocycles. The molecule has 0 saturated carbocycles. The summed E-state index contributed by atoms with van der Waals surface area (Å²) in [5, 5.41) is 2.93. The standard InChI is InChI=1S/C19H22N2O4/c1-23-17-7-6-14(12-18(17)24-2)19(22)20-15-4-3-5-16(13-15)21-8-10-25-11-9-21/h3-7,12-13H,8-11H2,1-2H3,(H,20,22). The van der Waals surface area contributed by atoms with Crippen LogP contribution >= 0.6 is 0 Å². The van der Waals surface area contributed by atoms with Crippen molar-refractivity contribution in [3.63, 3.8) is 0 Å². The largest absolute Gasteiger partial charge is 0.493 e. The second-order valence-electron chi connectivity index (χ2n) is 5.67. The molecule has 1 heterocycles. The summed E-state index contributed by atoms with van der Waals surface area (Å²) in [6.45, 7) is 3.16. The Morgan fingerprint density at radius 3 is 2.52 bits per heavy atom. The van der Waals surface area contributed by atoms with Gasteiger partial charge in [-0.2, -0.15) is 0 Å². The van der Waals surface area contributed by atoms with Gasteiger partial charge >= 0.3 is 0 Å². The molecule has 1 N–H and O–H groups in total. The quantitative estimate of drug-likeness (QED) is 0.905. The summed E-state index contributed by atoms with van der Waals surface area (Å²) < 4.78 is 15.8. The smallest absolute Gasteiger partial charge is 0.255 e. The summed E-state index contributed by atoms with van der Waals surface area (Å²) in [5.41, 5.74) is 2.34. The summed E-state index contributed by atoms with van der Waals surface area (Å²) in [5.74, 6) is 0.922. The topological polar surface area (TPSA) is 60.0 Å². The highest BCUT2D eigenvalue weighted by atomic mass is 16.5. The minimum atomic E-state index is -0.194. The number of nitrogens with zero attached hydrogens (tertiary/aromatic N) is 1. The summed E-state index contributed by atoms with van der Waals surface area (Å²) in [7, 11) is 3.11. The zero-order chi connectivity index (χ0) is 17.6. The number of nitrogens with one attached hydrogen (secondary N) is 1. The van der Waals surface area contributed by atoms with Gasteiger partial charge in [0.1, 0.15) is 0 Å². The molecule has 6 nitrogen and oxygen atoms in total. The number of amides is 1. The SMILES string of the molecule is COc1ccc(C(=O)Nc2cccc(N3CCOCC3)c2)cc1OC. The summed E-state index contributed by atoms with van der Waals surface area (Å²) in [6, 6.07) is 12.9. The third-order valence-electron chi connectivity index (χ3n) is 4.13. The summed E-state index contributed by atoms with van der Waals surface area (Å²) in [4.78, 5) is 14.8. The van der Waals surface area contributed by atoms with Gasteiger partial charge in [0.25, 0.3) is 5.91 Å². The van der Waals surface area contributed by atoms with E-state index < -0.39 is 0 Å². The van der Waals surface area contributed by atoms with Gasteiger partial charge in [-0.05, 0) is 36.4 Å². The average Bonchev–Trinajstić information content (AvgIpc) is 2.68. The van der Waals surface area contributed by atoms with Crippen LogP contribution in [0.15, 0.2) is 42.5 Å². The highest BCUT2D eigenvalue weighted by molar-refractivity contribution is 6.04. The lowest BCUT2D eigenvalue weighted by Crippen LogP contribution is -2.36. The van der Waals surface area contributed by atoms with E-state index in [1.165, 1.54) is 0 Å². The van der Waals surface area contributed by atoms with E-state index in [4.69, 9.17) is 14.2 Å². The van der Waals surface area contributed by atoms with Gasteiger partial charge in [0.15, 0.2) is 11.5 Å². The Morgan fingerprint density at radius 2 is 1.80 bits per heavy atom. The van der Waals surface area contributed by atoms with Gasteiger partial charge in [-0.25, -0.2) is 0 Å². The number of carbonyl (C=O) groups is 1. The summed E-state index contributed by atoms with van der Waals surface area (Å²) >= 11 is 0. The molecule has 1 aliphatic rings. The van der Waals surface area contributed by atoms with Crippen molar-refractivity contribution in [1.82, 2.24) is 0 Å². The van der Waals surface area contributed by atoms with E-state index in [1.54, 1.807) is 32.4 Å². The maximum atomic E-state index is 12.5. The molecule has 3 rings (SSSR count). The zero-order valence-corrected chi connectivity index (χ0v) is 14.5. The fourth-order valence-electron chi connectivity index (χ4n) is 2.78. The van der Waals surface area contributed by atoms with E-state index in [1.807, 2.05) is 24.3 Å². The molecule has 132 valence electrons. The zero-order valence-electron chi connectivity index (χ0n) is 14.5. The maximum Gasteiger partial charge on any atom is 0.255 e. The van der Waals surface area contributed by atoms with Crippen LogP contribution in [0.5, 0.6) is 11.5 Å². The van der Waals surface area contributed by atoms with Crippen LogP contribution in [0, 0.1) is 0 Å². The number of carbonyl (C=O) groups excluding carboxylic acids is 1. The average molecular weight is 342 g/mol. The van der Waals surface area contributed by atoms with Crippen LogP contribution in [0.1, 0.15) is 10.4 Å². The van der Waals surface area contributed by atoms with Crippen molar-refractivity contribution in [3.8, 4) is 11.5 Å². The number of hydrogen-bond acceptors (Lipinski definition) is 5. The minimum Gasteiger partial charge on any atom is -0.493 e. The van der Waals surface area contributed by atoms with Gasteiger partial charge in [0.2, 0.25) is 0 Å². The Bertz CT molecular complexity index is 742. The fourth-order valence-corrected chi connectivity index (χ4v) is 2.78. The third-order valence-corrected chi connectivity index (χ3v) is 4.13. The predicted molar refractivity (Wildman–Crippen MR) is 97.0 cm³/mol. The molecule has 2 aromatic carbocycles. The molecule has 2 aromatic rings. The van der Waals surface area contributed by atoms with Crippen LogP contribution < -0.4 is 19.7 Å². The van der Waals surface area contributed by atoms with Crippen LogP contribution in [0.2, 0.25) is 0 Å². The Hall–Kier alpha value is -2.73. The van der Waals surface area contributed by atoms with Gasteiger partial charge in [0.05, 0.1) is 27.4 Å². The molecule has 0 spiro atoms. The summed E-state index contributed by atoms with van der Waals surface area (Å²) in [6.07, 6.45) is 0. The number of rotatable bonds is 5. The van der Waals surface area contributed by atoms with Gasteiger partial charge in [-0.3, -0.25) is 4.79 Å². The molecular weight excluding hydrogens is 320 g/mol. The van der Waals surface area contributed by atoms with Gasteiger partial charge in [-0.15, -0.1) is 0 Å². The molecule has 6 heteroatoms. The second-order valence-corrected chi connectivity index (χ2v) is 5.67. The maximum absolute atomic E-state index is 12.5. The first-order valence-corrected chi connectivity index (χ1v) is 8.17. The lowest BCUT2D eigenvalue weighted by molar-refractivity contribution is 0.102. The fraction of sp³-hybridized carbons (Fsp3) is 0.316. The number of benzene rings is 2. The van der Waals surface area contributed by atoms with E-state index in [-0.39, 0.29) is 5.91 Å². The van der Waals surface area contributed by atoms with E-state index in [0.29, 0.717) is 17.1 Å². The monoisotopic (exact) mass is 342 g/mol. The molecular formula is C19H22N2O4. The lowest BCUT2D eigenvalue weighted by Gasteiger charge is -2.29. The molecule has 1 fully saturated rings. The molecule has 25 heavy (non-hydrogen) atoms. The second kappa shape index (κ2) is 7.90. The van der Waals surface area contributed by atoms with E-state index in [2.05, 4.69) is 10.2 Å². The number of methoxy groups -OCH3 is 2. The van der Waals surface area contributed by atoms with Crippen molar-refractivity contribution in [2.75, 3.05) is 50.7 Å². The molecule has 0 bridgehead atoms. The third kappa shape index (κ3) is 4.03. The van der Waals surface area contributed by atoms with E-state index in [0.717, 1.165) is 37.7 Å². The van der Waals surface area contributed by atoms with Crippen LogP contribution in [0.4, 0.5) is 11.4 Å². The van der Waals surface area contributed by atoms with Crippen molar-refractivity contribution in [1.29, 1.82) is 0 Å². The van der Waals surface area contributed by atoms with Crippen molar-refractivity contribution < 1.29 is 19.0 Å². The van der Waals surface area contributed by atoms with Crippen molar-refractivity contribution in [2.45, 2.75) is 0 Å². The molecule has 0 unspecified atom stereocenters. The first-order valence-electron chi connectivity index (χ1n) is 8.17. The van der Waals surface area contributed by atoms with Crippen LogP contribution in [-0.4, -0.2) is 46.4 Å². The molecule has 1 amide bonds. The van der Waals surface area contributed by atoms with Crippen LogP contribution in [0.3, 0.4) is 0 Å². The number of anilines is 2. The Morgan fingerprint density at radius 1 is 1.04 bits per heavy atom. The highest BCUT2D eigenvalue weighted by Gasteiger charge is 2.14. The minimum absolute atomic E-state index is 0.194. The molecule has 0 radical (unpaired) electrons. The van der Waals surface area contributed by atoms with Crippen molar-refractivity contribution >= 4 is 17.3 Å². The van der Waals surface area contributed by atoms with Crippen LogP contribution in [-0.2, 0) is 4.74 Å². The van der Waals surface area contributed by atoms with Crippen LogP contribution in [0.25, 0.3) is 0 Å². The lowest BCUT2D eigenvalue weighted by atomic mass is 10.1. The van der Waals surface area contributed by atoms with Crippen molar-refractivity contribution in [2.24, 2.45) is 0 Å². The Labute approximate surface area is 147 Å². The first kappa shape index (κ1) is 17.1. The normalized spacial score (nSPS) is 14.1. The Balaban J connectivity index is 1.74. The number of hydrogen-bond donors (Lipinski definition) is 1. The molecule has 0 atom stereocenters. The van der Waals surface area contributed by atoms with E-state index in [9.17, 15) is 4.79 Å². The van der Waals surface area contributed by atoms with Gasteiger partial charge < -0.3 is 24.4 Å². The molecule has 0 aromatic heterocycles. The van der Waals surface area contributed by atoms with Crippen molar-refractivity contribution in [3.05, 3.63) is 48.0 Å². The van der Waals surface area contributed by atoms with Gasteiger partial charge in [-0.1, -0.05) is 6.07 Å². The molecule has 0 aliphatic carbocycles. The molecule has 1 saturated heterocycles. The van der Waals surface area contributed by atoms with E-state index >= 15 is 0 Å². The van der Waals surface area contributed by atoms with Gasteiger partial charge in [0, 0.05) is 30.0 Å². The Kier molecular flexibility index (Phi) is 5.40.